The highest BCUT2D eigenvalue weighted by Crippen LogP contribution is 2.34. The van der Waals surface area contributed by atoms with Gasteiger partial charge in [-0.3, -0.25) is 9.78 Å². The molecule has 3 aromatic carbocycles. The molecule has 1 N–H and O–H groups in total. The number of aryl methyl sites for hydroxylation is 2. The molecule has 1 saturated heterocycles. The van der Waals surface area contributed by atoms with Crippen molar-refractivity contribution in [2.75, 3.05) is 49.7 Å². The Morgan fingerprint density at radius 1 is 1.00 bits per heavy atom. The van der Waals surface area contributed by atoms with Crippen LogP contribution in [0.5, 0.6) is 5.75 Å². The molecule has 1 aromatic heterocycles. The highest BCUT2D eigenvalue weighted by Gasteiger charge is 2.24. The minimum atomic E-state index is -1.23. The monoisotopic (exact) mass is 721 g/mol. The Morgan fingerprint density at radius 3 is 2.56 bits per heavy atom. The van der Waals surface area contributed by atoms with E-state index in [-0.39, 0.29) is 12.0 Å². The van der Waals surface area contributed by atoms with E-state index in [0.717, 1.165) is 114 Å². The van der Waals surface area contributed by atoms with Crippen LogP contribution in [0.25, 0.3) is 17.2 Å². The maximum absolute atomic E-state index is 13.8. The lowest BCUT2D eigenvalue weighted by molar-refractivity contribution is -0.112. The average Bonchev–Trinajstić information content (AvgIpc) is 3.66. The van der Waals surface area contributed by atoms with Crippen molar-refractivity contribution in [2.24, 2.45) is 0 Å². The summed E-state index contributed by atoms with van der Waals surface area (Å²) in [5, 5.41) is 3.11. The molecule has 1 fully saturated rings. The molecule has 2 atom stereocenters. The third-order valence-electron chi connectivity index (χ3n) is 9.79. The first kappa shape index (κ1) is 37.6. The van der Waals surface area contributed by atoms with Crippen LogP contribution in [0.2, 0.25) is 0 Å². The number of nitrogens with one attached hydrogen (secondary N) is 1. The van der Waals surface area contributed by atoms with Crippen molar-refractivity contribution in [2.45, 2.75) is 76.0 Å². The number of hydrogen-bond acceptors (Lipinski definition) is 7. The number of fused-ring (bicyclic) bond motifs is 1. The number of hydrogen-bond donors (Lipinski definition) is 1. The molecule has 0 bridgehead atoms. The molecule has 2 aliphatic rings. The molecule has 0 aliphatic carbocycles. The minimum Gasteiger partial charge on any atom is -0.611 e. The van der Waals surface area contributed by atoms with Crippen LogP contribution < -0.4 is 15.0 Å². The molecule has 1 amide bonds. The van der Waals surface area contributed by atoms with Crippen LogP contribution in [0.15, 0.2) is 89.5 Å². The normalized spacial score (nSPS) is 17.4. The van der Waals surface area contributed by atoms with Crippen molar-refractivity contribution in [3.8, 4) is 16.9 Å². The Labute approximate surface area is 311 Å². The van der Waals surface area contributed by atoms with E-state index < -0.39 is 11.2 Å². The van der Waals surface area contributed by atoms with Crippen LogP contribution in [-0.4, -0.2) is 61.1 Å². The van der Waals surface area contributed by atoms with E-state index in [2.05, 4.69) is 52.5 Å². The number of amides is 1. The van der Waals surface area contributed by atoms with Gasteiger partial charge in [0, 0.05) is 60.7 Å². The van der Waals surface area contributed by atoms with Gasteiger partial charge in [-0.1, -0.05) is 31.5 Å². The predicted molar refractivity (Wildman–Crippen MR) is 210 cm³/mol. The van der Waals surface area contributed by atoms with Gasteiger partial charge in [-0.25, -0.2) is 0 Å². The second-order valence-corrected chi connectivity index (χ2v) is 15.1. The number of carbonyl (C=O) groups is 1. The molecule has 8 nitrogen and oxygen atoms in total. The summed E-state index contributed by atoms with van der Waals surface area (Å²) in [5.74, 6) is 1.09. The second kappa shape index (κ2) is 18.6. The summed E-state index contributed by atoms with van der Waals surface area (Å²) in [6, 6.07) is 24.0. The summed E-state index contributed by atoms with van der Waals surface area (Å²) < 4.78 is 30.8. The fourth-order valence-electron chi connectivity index (χ4n) is 6.75. The summed E-state index contributed by atoms with van der Waals surface area (Å²) in [7, 11) is 0. The van der Waals surface area contributed by atoms with E-state index in [1.807, 2.05) is 62.4 Å². The van der Waals surface area contributed by atoms with E-state index in [9.17, 15) is 9.35 Å². The van der Waals surface area contributed by atoms with Crippen molar-refractivity contribution < 1.29 is 23.6 Å². The zero-order chi connectivity index (χ0) is 36.3. The smallest absolute Gasteiger partial charge is 0.251 e. The van der Waals surface area contributed by atoms with Crippen LogP contribution in [0.4, 0.5) is 11.4 Å². The van der Waals surface area contributed by atoms with Crippen molar-refractivity contribution in [1.82, 2.24) is 4.98 Å². The molecule has 0 spiro atoms. The van der Waals surface area contributed by atoms with Gasteiger partial charge < -0.3 is 29.0 Å². The third kappa shape index (κ3) is 10.0. The Morgan fingerprint density at radius 2 is 1.81 bits per heavy atom. The van der Waals surface area contributed by atoms with E-state index in [0.29, 0.717) is 31.1 Å². The zero-order valence-corrected chi connectivity index (χ0v) is 31.5. The number of unbranched alkanes of at least 4 members (excludes halogenated alkanes) is 1. The Balaban J connectivity index is 1.18. The molecule has 9 heteroatoms. The Bertz CT molecular complexity index is 1780. The number of carbonyl (C=O) groups excluding carboxylic acids is 1. The van der Waals surface area contributed by atoms with E-state index in [4.69, 9.17) is 14.2 Å². The van der Waals surface area contributed by atoms with Crippen LogP contribution in [0.3, 0.4) is 0 Å². The summed E-state index contributed by atoms with van der Waals surface area (Å²) in [6.45, 7) is 10.5. The summed E-state index contributed by atoms with van der Waals surface area (Å²) in [6.07, 6.45) is 9.90. The van der Waals surface area contributed by atoms with Crippen LogP contribution in [0, 0.1) is 13.8 Å². The van der Waals surface area contributed by atoms with Gasteiger partial charge in [0.2, 0.25) is 0 Å². The first-order valence-corrected chi connectivity index (χ1v) is 19.9. The molecule has 274 valence electrons. The number of pyridine rings is 1. The molecular weight excluding hydrogens is 671 g/mol. The second-order valence-electron chi connectivity index (χ2n) is 13.6. The lowest BCUT2D eigenvalue weighted by Gasteiger charge is -2.31. The highest BCUT2D eigenvalue weighted by atomic mass is 32.2. The van der Waals surface area contributed by atoms with E-state index in [1.54, 1.807) is 6.20 Å². The standard InChI is InChI=1S/C43H51N3O5S/c1-4-5-23-49-25-26-51-38-15-10-33(11-16-38)34-12-19-42-36(27-34)28-35(8-6-22-46(42)29-39-9-7-24-50-39)43(47)45-37-13-17-40(18-14-37)52(48)30-41-31(2)20-21-44-32(41)3/h10-21,27-28,39H,4-9,22-26,29-30H2,1-3H3,(H,45,47)/b35-28+/t39-,52?/m1/s1. The SMILES string of the molecule is CCCCOCCOc1ccc(-c2ccc3c(c2)/C=C(/C(=O)Nc2ccc([S+]([O-])Cc4c(C)ccnc4C)cc2)CCCN3C[C@H]2CCCO2)cc1. The largest absolute Gasteiger partial charge is 0.611 e. The number of nitrogens with zero attached hydrogens (tertiary/aromatic N) is 2. The van der Waals surface area contributed by atoms with Gasteiger partial charge >= 0.3 is 0 Å². The maximum atomic E-state index is 13.8. The van der Waals surface area contributed by atoms with Gasteiger partial charge in [0.25, 0.3) is 5.91 Å². The van der Waals surface area contributed by atoms with Crippen LogP contribution >= 0.6 is 0 Å². The first-order valence-electron chi connectivity index (χ1n) is 18.6. The number of rotatable bonds is 15. The molecule has 4 aromatic rings. The fraction of sp³-hybridized carbons (Fsp3) is 0.395. The number of aromatic nitrogens is 1. The van der Waals surface area contributed by atoms with Gasteiger partial charge in [-0.15, -0.1) is 0 Å². The van der Waals surface area contributed by atoms with E-state index in [1.165, 1.54) is 0 Å². The van der Waals surface area contributed by atoms with Gasteiger partial charge in [-0.2, -0.15) is 0 Å². The molecule has 0 radical (unpaired) electrons. The first-order chi connectivity index (χ1) is 25.4. The highest BCUT2D eigenvalue weighted by molar-refractivity contribution is 7.90. The van der Waals surface area contributed by atoms with Crippen LogP contribution in [-0.2, 0) is 31.2 Å². The predicted octanol–water partition coefficient (Wildman–Crippen LogP) is 8.67. The van der Waals surface area contributed by atoms with Crippen molar-refractivity contribution in [1.29, 1.82) is 0 Å². The van der Waals surface area contributed by atoms with Gasteiger partial charge in [0.1, 0.15) is 18.1 Å². The molecule has 3 heterocycles. The molecule has 0 saturated carbocycles. The van der Waals surface area contributed by atoms with Crippen molar-refractivity contribution in [3.05, 3.63) is 107 Å². The minimum absolute atomic E-state index is 0.125. The number of ether oxygens (including phenoxy) is 3. The molecule has 52 heavy (non-hydrogen) atoms. The van der Waals surface area contributed by atoms with Gasteiger partial charge in [-0.05, 0) is 140 Å². The summed E-state index contributed by atoms with van der Waals surface area (Å²) >= 11 is -1.23. The lowest BCUT2D eigenvalue weighted by Crippen LogP contribution is -2.34. The lowest BCUT2D eigenvalue weighted by atomic mass is 9.96. The quantitative estimate of drug-likeness (QED) is 0.0970. The number of benzene rings is 3. The third-order valence-corrected chi connectivity index (χ3v) is 11.1. The van der Waals surface area contributed by atoms with E-state index >= 15 is 0 Å². The Hall–Kier alpha value is -4.15. The summed E-state index contributed by atoms with van der Waals surface area (Å²) in [5.41, 5.74) is 8.67. The molecule has 6 rings (SSSR count). The molecular formula is C43H51N3O5S. The van der Waals surface area contributed by atoms with Crippen LogP contribution in [0.1, 0.15) is 67.8 Å². The average molecular weight is 722 g/mol. The Kier molecular flexibility index (Phi) is 13.4. The van der Waals surface area contributed by atoms with Crippen molar-refractivity contribution in [3.63, 3.8) is 0 Å². The zero-order valence-electron chi connectivity index (χ0n) is 30.7. The summed E-state index contributed by atoms with van der Waals surface area (Å²) in [4.78, 5) is 21.3. The fourth-order valence-corrected chi connectivity index (χ4v) is 8.06. The molecule has 1 unspecified atom stereocenters. The van der Waals surface area contributed by atoms with Gasteiger partial charge in [0.15, 0.2) is 4.90 Å². The molecule has 2 aliphatic heterocycles. The van der Waals surface area contributed by atoms with Crippen molar-refractivity contribution >= 4 is 34.5 Å². The topological polar surface area (TPSA) is 96.0 Å². The number of anilines is 2. The maximum Gasteiger partial charge on any atom is 0.251 e. The van der Waals surface area contributed by atoms with Gasteiger partial charge in [0.05, 0.1) is 12.7 Å².